The molecule has 0 aliphatic carbocycles. The van der Waals surface area contributed by atoms with Crippen LogP contribution in [0.1, 0.15) is 0 Å². The summed E-state index contributed by atoms with van der Waals surface area (Å²) in [4.78, 5) is 34.8. The molecule has 13 nitrogen and oxygen atoms in total. The molecule has 0 bridgehead atoms. The molecule has 2 amide bonds. The predicted octanol–water partition coefficient (Wildman–Crippen LogP) is 1.76. The molecule has 1 aromatic carbocycles. The number of hydrogen-bond donors (Lipinski definition) is 2. The number of methoxy groups -OCH3 is 3. The lowest BCUT2D eigenvalue weighted by Crippen LogP contribution is -2.35. The average Bonchev–Trinajstić information content (AvgIpc) is 3.11. The van der Waals surface area contributed by atoms with Crippen molar-refractivity contribution in [2.24, 2.45) is 0 Å². The summed E-state index contributed by atoms with van der Waals surface area (Å²) in [7, 11) is -0.850. The first-order valence-electron chi connectivity index (χ1n) is 8.22. The summed E-state index contributed by atoms with van der Waals surface area (Å²) in [6, 6.07) is 4.90. The van der Waals surface area contributed by atoms with Crippen LogP contribution in [-0.2, 0) is 14.8 Å². The standard InChI is InChI=1S/C16H15N5O8S2/c1-26-14-18-12(19-15(20-14)27-2)17-13(22)21-31(24,25)10-8-6-4-5-7-9(8)30-11(10)29-16(23)28-3/h4-7H,1-3H3,(H2,17,18,19,20,21,22). The van der Waals surface area contributed by atoms with E-state index in [1.54, 1.807) is 18.2 Å². The Kier molecular flexibility index (Phi) is 6.36. The average molecular weight is 469 g/mol. The molecule has 15 heteroatoms. The lowest BCUT2D eigenvalue weighted by molar-refractivity contribution is 0.122. The molecule has 3 aromatic rings. The largest absolute Gasteiger partial charge is 0.514 e. The van der Waals surface area contributed by atoms with E-state index in [4.69, 9.17) is 14.2 Å². The number of anilines is 1. The fraction of sp³-hybridized carbons (Fsp3) is 0.188. The highest BCUT2D eigenvalue weighted by molar-refractivity contribution is 7.90. The molecule has 2 heterocycles. The Morgan fingerprint density at radius 1 is 1.00 bits per heavy atom. The molecule has 0 atom stereocenters. The van der Waals surface area contributed by atoms with Crippen molar-refractivity contribution >= 4 is 49.6 Å². The number of nitrogens with zero attached hydrogens (tertiary/aromatic N) is 3. The lowest BCUT2D eigenvalue weighted by atomic mass is 10.3. The van der Waals surface area contributed by atoms with Crippen molar-refractivity contribution in [2.75, 3.05) is 26.6 Å². The van der Waals surface area contributed by atoms with Crippen LogP contribution in [0.25, 0.3) is 10.1 Å². The molecule has 0 radical (unpaired) electrons. The number of thiophene rings is 1. The number of amides is 2. The van der Waals surface area contributed by atoms with Crippen molar-refractivity contribution in [3.63, 3.8) is 0 Å². The second-order valence-electron chi connectivity index (χ2n) is 5.46. The van der Waals surface area contributed by atoms with E-state index in [-0.39, 0.29) is 28.4 Å². The monoisotopic (exact) mass is 469 g/mol. The number of carbonyl (C=O) groups excluding carboxylic acids is 2. The first-order chi connectivity index (χ1) is 14.8. The molecule has 0 aliphatic rings. The number of carbonyl (C=O) groups is 2. The SMILES string of the molecule is COC(=O)Oc1sc2ccccc2c1S(=O)(=O)NC(=O)Nc1nc(OC)nc(OC)n1. The third kappa shape index (κ3) is 4.89. The van der Waals surface area contributed by atoms with E-state index in [0.29, 0.717) is 4.70 Å². The van der Waals surface area contributed by atoms with Gasteiger partial charge < -0.3 is 18.9 Å². The van der Waals surface area contributed by atoms with Crippen LogP contribution >= 0.6 is 11.3 Å². The van der Waals surface area contributed by atoms with Crippen LogP contribution in [0, 0.1) is 0 Å². The van der Waals surface area contributed by atoms with Gasteiger partial charge >= 0.3 is 24.2 Å². The van der Waals surface area contributed by atoms with Gasteiger partial charge in [-0.05, 0) is 6.07 Å². The molecular formula is C16H15N5O8S2. The maximum Gasteiger partial charge on any atom is 0.514 e. The minimum absolute atomic E-state index is 0.164. The Balaban J connectivity index is 1.92. The van der Waals surface area contributed by atoms with Gasteiger partial charge in [-0.2, -0.15) is 9.97 Å². The fourth-order valence-electron chi connectivity index (χ4n) is 2.32. The van der Waals surface area contributed by atoms with Crippen LogP contribution in [-0.4, -0.2) is 56.9 Å². The first kappa shape index (κ1) is 22.0. The van der Waals surface area contributed by atoms with Crippen molar-refractivity contribution in [2.45, 2.75) is 4.90 Å². The molecule has 0 saturated heterocycles. The third-order valence-corrected chi connectivity index (χ3v) is 6.12. The maximum absolute atomic E-state index is 12.9. The van der Waals surface area contributed by atoms with E-state index < -0.39 is 27.1 Å². The zero-order chi connectivity index (χ0) is 22.6. The maximum atomic E-state index is 12.9. The fourth-order valence-corrected chi connectivity index (χ4v) is 4.90. The number of hydrogen-bond acceptors (Lipinski definition) is 12. The second-order valence-corrected chi connectivity index (χ2v) is 8.10. The van der Waals surface area contributed by atoms with Crippen LogP contribution in [0.5, 0.6) is 17.1 Å². The molecule has 164 valence electrons. The number of ether oxygens (including phenoxy) is 4. The van der Waals surface area contributed by atoms with Crippen molar-refractivity contribution in [1.82, 2.24) is 19.7 Å². The number of nitrogens with one attached hydrogen (secondary N) is 2. The zero-order valence-corrected chi connectivity index (χ0v) is 17.9. The quantitative estimate of drug-likeness (QED) is 0.505. The summed E-state index contributed by atoms with van der Waals surface area (Å²) in [5, 5.41) is 2.13. The van der Waals surface area contributed by atoms with Crippen LogP contribution in [0.3, 0.4) is 0 Å². The smallest absolute Gasteiger partial charge is 0.467 e. The van der Waals surface area contributed by atoms with E-state index >= 15 is 0 Å². The van der Waals surface area contributed by atoms with Crippen molar-refractivity contribution < 1.29 is 37.0 Å². The van der Waals surface area contributed by atoms with Gasteiger partial charge in [0.1, 0.15) is 4.90 Å². The van der Waals surface area contributed by atoms with E-state index in [1.807, 2.05) is 4.72 Å². The van der Waals surface area contributed by atoms with Crippen molar-refractivity contribution in [1.29, 1.82) is 0 Å². The predicted molar refractivity (Wildman–Crippen MR) is 107 cm³/mol. The number of rotatable bonds is 6. The Hall–Kier alpha value is -3.72. The van der Waals surface area contributed by atoms with Crippen LogP contribution in [0.15, 0.2) is 29.2 Å². The molecule has 2 aromatic heterocycles. The van der Waals surface area contributed by atoms with Gasteiger partial charge in [0.15, 0.2) is 0 Å². The van der Waals surface area contributed by atoms with Gasteiger partial charge in [-0.25, -0.2) is 22.7 Å². The van der Waals surface area contributed by atoms with Crippen molar-refractivity contribution in [3.8, 4) is 17.1 Å². The molecule has 0 fully saturated rings. The highest BCUT2D eigenvalue weighted by atomic mass is 32.2. The topological polar surface area (TPSA) is 168 Å². The summed E-state index contributed by atoms with van der Waals surface area (Å²) in [5.41, 5.74) is 0. The highest BCUT2D eigenvalue weighted by Crippen LogP contribution is 2.40. The van der Waals surface area contributed by atoms with Gasteiger partial charge in [-0.3, -0.25) is 5.32 Å². The van der Waals surface area contributed by atoms with E-state index in [0.717, 1.165) is 18.4 Å². The third-order valence-electron chi connectivity index (χ3n) is 3.54. The summed E-state index contributed by atoms with van der Waals surface area (Å²) in [5.74, 6) is -0.322. The van der Waals surface area contributed by atoms with E-state index in [9.17, 15) is 18.0 Å². The van der Waals surface area contributed by atoms with Gasteiger partial charge in [0.2, 0.25) is 11.0 Å². The van der Waals surface area contributed by atoms with Gasteiger partial charge in [0.05, 0.1) is 21.3 Å². The van der Waals surface area contributed by atoms with Crippen LogP contribution in [0.4, 0.5) is 15.5 Å². The number of fused-ring (bicyclic) bond motifs is 1. The minimum atomic E-state index is -4.50. The Morgan fingerprint density at radius 2 is 1.65 bits per heavy atom. The van der Waals surface area contributed by atoms with Crippen LogP contribution < -0.4 is 24.2 Å². The molecule has 0 aliphatic heterocycles. The number of aromatic nitrogens is 3. The zero-order valence-electron chi connectivity index (χ0n) is 16.2. The molecule has 0 unspecified atom stereocenters. The summed E-state index contributed by atoms with van der Waals surface area (Å²) in [6.45, 7) is 0. The highest BCUT2D eigenvalue weighted by Gasteiger charge is 2.29. The molecule has 0 spiro atoms. The molecule has 3 rings (SSSR count). The minimum Gasteiger partial charge on any atom is -0.467 e. The molecule has 0 saturated carbocycles. The summed E-state index contributed by atoms with van der Waals surface area (Å²) >= 11 is 0.895. The normalized spacial score (nSPS) is 10.9. The number of urea groups is 1. The first-order valence-corrected chi connectivity index (χ1v) is 10.5. The summed E-state index contributed by atoms with van der Waals surface area (Å²) in [6.07, 6.45) is -1.11. The summed E-state index contributed by atoms with van der Waals surface area (Å²) < 4.78 is 47.3. The number of benzene rings is 1. The van der Waals surface area contributed by atoms with Gasteiger partial charge in [0, 0.05) is 10.1 Å². The van der Waals surface area contributed by atoms with E-state index in [1.165, 1.54) is 20.3 Å². The van der Waals surface area contributed by atoms with E-state index in [2.05, 4.69) is 25.0 Å². The van der Waals surface area contributed by atoms with Crippen molar-refractivity contribution in [3.05, 3.63) is 24.3 Å². The number of sulfonamides is 1. The van der Waals surface area contributed by atoms with Gasteiger partial charge in [-0.1, -0.05) is 29.5 Å². The molecular weight excluding hydrogens is 454 g/mol. The van der Waals surface area contributed by atoms with Gasteiger partial charge in [-0.15, -0.1) is 4.98 Å². The lowest BCUT2D eigenvalue weighted by Gasteiger charge is -2.10. The molecule has 2 N–H and O–H groups in total. The van der Waals surface area contributed by atoms with Gasteiger partial charge in [0.25, 0.3) is 10.0 Å². The molecule has 31 heavy (non-hydrogen) atoms. The Morgan fingerprint density at radius 3 is 2.26 bits per heavy atom. The second kappa shape index (κ2) is 8.97. The van der Waals surface area contributed by atoms with Crippen LogP contribution in [0.2, 0.25) is 0 Å². The Bertz CT molecular complexity index is 1220. The Labute approximate surface area is 179 Å².